The molecule has 1 aliphatic rings. The minimum Gasteiger partial charge on any atom is -0.411 e. The van der Waals surface area contributed by atoms with Crippen LogP contribution >= 0.6 is 0 Å². The zero-order valence-corrected chi connectivity index (χ0v) is 25.3. The fourth-order valence-electron chi connectivity index (χ4n) is 5.12. The number of halogens is 1. The predicted molar refractivity (Wildman–Crippen MR) is 145 cm³/mol. The third kappa shape index (κ3) is 7.44. The van der Waals surface area contributed by atoms with Crippen LogP contribution in [0.5, 0.6) is 0 Å². The number of rotatable bonds is 9. The molecule has 1 aliphatic carbocycles. The van der Waals surface area contributed by atoms with Crippen LogP contribution < -0.4 is 5.14 Å². The van der Waals surface area contributed by atoms with E-state index in [1.54, 1.807) is 6.20 Å². The summed E-state index contributed by atoms with van der Waals surface area (Å²) >= 11 is 0. The summed E-state index contributed by atoms with van der Waals surface area (Å²) in [6.45, 7) is 23.9. The van der Waals surface area contributed by atoms with E-state index in [1.165, 1.54) is 0 Å². The lowest BCUT2D eigenvalue weighted by atomic mass is 9.66. The second-order valence-electron chi connectivity index (χ2n) is 14.2. The first-order valence-corrected chi connectivity index (χ1v) is 16.8. The zero-order valence-electron chi connectivity index (χ0n) is 23.5. The molecule has 0 bridgehead atoms. The van der Waals surface area contributed by atoms with E-state index in [4.69, 9.17) is 9.56 Å². The molecule has 7 heteroatoms. The molecule has 196 valence electrons. The number of nitrogens with zero attached hydrogens (tertiary/aromatic N) is 1. The molecule has 1 saturated carbocycles. The molecular formula is C27H49FN2O2SSi. The Kier molecular flexibility index (Phi) is 8.72. The summed E-state index contributed by atoms with van der Waals surface area (Å²) < 4.78 is 34.1. The van der Waals surface area contributed by atoms with Crippen molar-refractivity contribution in [2.24, 2.45) is 16.5 Å². The summed E-state index contributed by atoms with van der Waals surface area (Å²) in [5, 5.41) is 5.97. The first-order valence-electron chi connectivity index (χ1n) is 12.7. The van der Waals surface area contributed by atoms with Crippen LogP contribution in [-0.2, 0) is 21.8 Å². The van der Waals surface area contributed by atoms with Gasteiger partial charge >= 0.3 is 0 Å². The van der Waals surface area contributed by atoms with E-state index < -0.39 is 30.0 Å². The molecule has 0 amide bonds. The molecule has 1 aromatic heterocycles. The second kappa shape index (κ2) is 10.0. The molecule has 2 atom stereocenters. The quantitative estimate of drug-likeness (QED) is 0.279. The Hall–Kier alpha value is -0.633. The predicted octanol–water partition coefficient (Wildman–Crippen LogP) is 7.26. The van der Waals surface area contributed by atoms with Gasteiger partial charge in [-0.1, -0.05) is 48.5 Å². The van der Waals surface area contributed by atoms with Crippen LogP contribution in [0.1, 0.15) is 105 Å². The second-order valence-corrected chi connectivity index (χ2v) is 20.6. The maximum Gasteiger partial charge on any atom is 0.216 e. The van der Waals surface area contributed by atoms with Gasteiger partial charge in [0.05, 0.1) is 21.3 Å². The minimum atomic E-state index is -2.04. The summed E-state index contributed by atoms with van der Waals surface area (Å²) in [6.07, 6.45) is 5.63. The Balaban J connectivity index is 2.51. The van der Waals surface area contributed by atoms with Crippen LogP contribution in [0.2, 0.25) is 18.1 Å². The minimum absolute atomic E-state index is 0.0698. The highest BCUT2D eigenvalue weighted by atomic mass is 32.2. The molecule has 1 aromatic rings. The Bertz CT molecular complexity index is 884. The van der Waals surface area contributed by atoms with E-state index in [2.05, 4.69) is 66.5 Å². The average Bonchev–Trinajstić information content (AvgIpc) is 2.58. The zero-order chi connectivity index (χ0) is 26.3. The fourth-order valence-corrected chi connectivity index (χ4v) is 7.12. The molecule has 2 rings (SSSR count). The molecule has 1 fully saturated rings. The highest BCUT2D eigenvalue weighted by Crippen LogP contribution is 2.52. The number of aromatic nitrogens is 1. The summed E-state index contributed by atoms with van der Waals surface area (Å²) in [5.41, 5.74) is 1.42. The standard InChI is InChI=1S/C27H49FN2O2SSi/c1-19-13-27(14-19,32-34(10,11)25(5,6)7)17-21(16-26(8,9)33(29)31)22-12-20(15-24(2,3)4)18-30-23(22)28/h12,18-19,21H,13-17,29H2,1-11H3/t19?,21-,27?,33?/m1/s1. The number of nitrogens with two attached hydrogens (primary N) is 1. The van der Waals surface area contributed by atoms with Crippen molar-refractivity contribution in [3.05, 3.63) is 29.3 Å². The number of hydrogen-bond acceptors (Lipinski definition) is 3. The smallest absolute Gasteiger partial charge is 0.216 e. The number of pyridine rings is 1. The average molecular weight is 513 g/mol. The number of hydrogen-bond donors (Lipinski definition) is 1. The van der Waals surface area contributed by atoms with Gasteiger partial charge < -0.3 is 4.43 Å². The summed E-state index contributed by atoms with van der Waals surface area (Å²) in [4.78, 5) is 4.16. The van der Waals surface area contributed by atoms with Gasteiger partial charge in [-0.3, -0.25) is 5.14 Å². The van der Waals surface area contributed by atoms with E-state index in [0.717, 1.165) is 24.8 Å². The molecule has 4 nitrogen and oxygen atoms in total. The summed E-state index contributed by atoms with van der Waals surface area (Å²) in [7, 11) is -3.56. The monoisotopic (exact) mass is 512 g/mol. The lowest BCUT2D eigenvalue weighted by molar-refractivity contribution is -0.0670. The van der Waals surface area contributed by atoms with Crippen molar-refractivity contribution in [2.75, 3.05) is 0 Å². The Morgan fingerprint density at radius 2 is 1.76 bits per heavy atom. The van der Waals surface area contributed by atoms with Crippen LogP contribution in [0.4, 0.5) is 4.39 Å². The summed E-state index contributed by atoms with van der Waals surface area (Å²) in [6, 6.07) is 1.98. The van der Waals surface area contributed by atoms with Gasteiger partial charge in [-0.25, -0.2) is 9.19 Å². The summed E-state index contributed by atoms with van der Waals surface area (Å²) in [5.74, 6) is -0.0273. The van der Waals surface area contributed by atoms with Crippen molar-refractivity contribution in [1.29, 1.82) is 0 Å². The van der Waals surface area contributed by atoms with E-state index >= 15 is 4.39 Å². The highest BCUT2D eigenvalue weighted by molar-refractivity contribution is 7.84. The topological polar surface area (TPSA) is 65.2 Å². The van der Waals surface area contributed by atoms with Crippen LogP contribution in [0.25, 0.3) is 0 Å². The van der Waals surface area contributed by atoms with Crippen molar-refractivity contribution in [2.45, 2.75) is 129 Å². The highest BCUT2D eigenvalue weighted by Gasteiger charge is 2.51. The first-order chi connectivity index (χ1) is 15.2. The van der Waals surface area contributed by atoms with E-state index in [9.17, 15) is 4.21 Å². The van der Waals surface area contributed by atoms with Crippen LogP contribution in [-0.4, -0.2) is 27.9 Å². The van der Waals surface area contributed by atoms with Crippen molar-refractivity contribution in [3.63, 3.8) is 0 Å². The molecular weight excluding hydrogens is 463 g/mol. The molecule has 0 saturated heterocycles. The van der Waals surface area contributed by atoms with Crippen molar-refractivity contribution in [1.82, 2.24) is 4.98 Å². The molecule has 0 radical (unpaired) electrons. The third-order valence-corrected chi connectivity index (χ3v) is 13.5. The van der Waals surface area contributed by atoms with E-state index in [-0.39, 0.29) is 22.0 Å². The van der Waals surface area contributed by atoms with Gasteiger partial charge in [0.2, 0.25) is 5.95 Å². The molecule has 2 N–H and O–H groups in total. The van der Waals surface area contributed by atoms with Crippen molar-refractivity contribution >= 4 is 19.3 Å². The molecule has 1 unspecified atom stereocenters. The van der Waals surface area contributed by atoms with E-state index in [1.807, 2.05) is 19.9 Å². The van der Waals surface area contributed by atoms with Gasteiger partial charge in [0.1, 0.15) is 0 Å². The Morgan fingerprint density at radius 3 is 2.21 bits per heavy atom. The van der Waals surface area contributed by atoms with Crippen LogP contribution in [0.3, 0.4) is 0 Å². The maximum absolute atomic E-state index is 15.3. The van der Waals surface area contributed by atoms with E-state index in [0.29, 0.717) is 24.3 Å². The van der Waals surface area contributed by atoms with Crippen molar-refractivity contribution in [3.8, 4) is 0 Å². The lowest BCUT2D eigenvalue weighted by Gasteiger charge is -2.54. The lowest BCUT2D eigenvalue weighted by Crippen LogP contribution is -2.56. The largest absolute Gasteiger partial charge is 0.411 e. The van der Waals surface area contributed by atoms with Gasteiger partial charge in [-0.2, -0.15) is 4.39 Å². The van der Waals surface area contributed by atoms with Gasteiger partial charge in [-0.15, -0.1) is 0 Å². The van der Waals surface area contributed by atoms with Gasteiger partial charge in [0.25, 0.3) is 0 Å². The first kappa shape index (κ1) is 29.6. The SMILES string of the molecule is CC1CC(C[C@@H](CC(C)(C)S(N)=O)c2cc(CC(C)(C)C)cnc2F)(O[Si](C)(C)C(C)(C)C)C1. The molecule has 0 spiro atoms. The maximum atomic E-state index is 15.3. The fraction of sp³-hybridized carbons (Fsp3) is 0.815. The Labute approximate surface area is 211 Å². The van der Waals surface area contributed by atoms with Gasteiger partial charge in [0, 0.05) is 11.8 Å². The Morgan fingerprint density at radius 1 is 1.21 bits per heavy atom. The molecule has 34 heavy (non-hydrogen) atoms. The van der Waals surface area contributed by atoms with Gasteiger partial charge in [-0.05, 0) is 93.0 Å². The van der Waals surface area contributed by atoms with Crippen molar-refractivity contribution < 1.29 is 13.0 Å². The normalized spacial score (nSPS) is 24.0. The van der Waals surface area contributed by atoms with Crippen LogP contribution in [0, 0.1) is 17.3 Å². The van der Waals surface area contributed by atoms with Crippen LogP contribution in [0.15, 0.2) is 12.3 Å². The molecule has 0 aromatic carbocycles. The van der Waals surface area contributed by atoms with Gasteiger partial charge in [0.15, 0.2) is 8.32 Å². The third-order valence-electron chi connectivity index (χ3n) is 7.72. The molecule has 1 heterocycles. The molecule has 0 aliphatic heterocycles.